The predicted octanol–water partition coefficient (Wildman–Crippen LogP) is 4.65. The van der Waals surface area contributed by atoms with Gasteiger partial charge in [0.2, 0.25) is 5.91 Å². The Hall–Kier alpha value is -2.82. The van der Waals surface area contributed by atoms with Gasteiger partial charge in [-0.2, -0.15) is 0 Å². The maximum atomic E-state index is 12.3. The maximum absolute atomic E-state index is 12.3. The summed E-state index contributed by atoms with van der Waals surface area (Å²) < 4.78 is 0. The molecule has 130 valence electrons. The molecule has 4 rings (SSSR count). The average molecular weight is 365 g/mol. The fourth-order valence-electron chi connectivity index (χ4n) is 3.12. The van der Waals surface area contributed by atoms with E-state index in [1.54, 1.807) is 24.3 Å². The summed E-state index contributed by atoms with van der Waals surface area (Å²) in [6.45, 7) is -0.00997. The third-order valence-corrected chi connectivity index (χ3v) is 4.65. The number of aliphatic hydroxyl groups is 1. The smallest absolute Gasteiger partial charge is 0.228 e. The van der Waals surface area contributed by atoms with Crippen LogP contribution in [0.3, 0.4) is 0 Å². The first-order valence-corrected chi connectivity index (χ1v) is 8.70. The topological polar surface area (TPSA) is 65.1 Å². The minimum atomic E-state index is -0.0831. The molecule has 1 heterocycles. The number of H-pyrrole nitrogens is 1. The first-order valence-electron chi connectivity index (χ1n) is 8.32. The lowest BCUT2D eigenvalue weighted by molar-refractivity contribution is -0.115. The summed E-state index contributed by atoms with van der Waals surface area (Å²) in [5, 5.41) is 14.9. The second kappa shape index (κ2) is 6.83. The number of aliphatic hydroxyl groups excluding tert-OH is 1. The maximum Gasteiger partial charge on any atom is 0.228 e. The number of rotatable bonds is 4. The number of hydrogen-bond donors (Lipinski definition) is 3. The van der Waals surface area contributed by atoms with Gasteiger partial charge in [-0.25, -0.2) is 0 Å². The number of nitrogens with one attached hydrogen (secondary N) is 2. The van der Waals surface area contributed by atoms with Gasteiger partial charge >= 0.3 is 0 Å². The van der Waals surface area contributed by atoms with Crippen molar-refractivity contribution in [2.45, 2.75) is 13.0 Å². The summed E-state index contributed by atoms with van der Waals surface area (Å²) in [6.07, 6.45) is 0.286. The van der Waals surface area contributed by atoms with Crippen molar-refractivity contribution in [1.82, 2.24) is 4.98 Å². The van der Waals surface area contributed by atoms with Crippen molar-refractivity contribution in [2.24, 2.45) is 0 Å². The number of anilines is 1. The van der Waals surface area contributed by atoms with E-state index in [0.717, 1.165) is 32.9 Å². The highest BCUT2D eigenvalue weighted by Crippen LogP contribution is 2.28. The highest BCUT2D eigenvalue weighted by Gasteiger charge is 2.08. The Balaban J connectivity index is 1.54. The molecule has 0 aliphatic rings. The van der Waals surface area contributed by atoms with E-state index < -0.39 is 0 Å². The number of benzene rings is 3. The summed E-state index contributed by atoms with van der Waals surface area (Å²) in [7, 11) is 0. The summed E-state index contributed by atoms with van der Waals surface area (Å²) >= 11 is 6.06. The molecule has 0 radical (unpaired) electrons. The van der Waals surface area contributed by atoms with E-state index in [4.69, 9.17) is 16.7 Å². The number of aromatic amines is 1. The van der Waals surface area contributed by atoms with Crippen molar-refractivity contribution in [3.8, 4) is 0 Å². The number of halogens is 1. The summed E-state index contributed by atoms with van der Waals surface area (Å²) in [5.74, 6) is -0.0831. The van der Waals surface area contributed by atoms with Crippen LogP contribution in [0.2, 0.25) is 5.02 Å². The first kappa shape index (κ1) is 16.6. The molecule has 0 aliphatic heterocycles. The SMILES string of the molecule is O=C(Cc1ccc2c(c1)[nH]c1cc(Cl)ccc12)Nc1ccc(CO)cc1. The highest BCUT2D eigenvalue weighted by atomic mass is 35.5. The molecule has 0 spiro atoms. The fourth-order valence-corrected chi connectivity index (χ4v) is 3.30. The Bertz CT molecular complexity index is 1100. The Morgan fingerprint density at radius 1 is 0.923 bits per heavy atom. The van der Waals surface area contributed by atoms with Crippen LogP contribution in [0.4, 0.5) is 5.69 Å². The van der Waals surface area contributed by atoms with Crippen LogP contribution in [0, 0.1) is 0 Å². The van der Waals surface area contributed by atoms with Crippen molar-refractivity contribution in [2.75, 3.05) is 5.32 Å². The van der Waals surface area contributed by atoms with E-state index in [0.29, 0.717) is 10.7 Å². The number of amides is 1. The van der Waals surface area contributed by atoms with E-state index in [1.165, 1.54) is 0 Å². The Kier molecular flexibility index (Phi) is 4.37. The third-order valence-electron chi connectivity index (χ3n) is 4.41. The molecule has 0 bridgehead atoms. The van der Waals surface area contributed by atoms with Crippen LogP contribution in [0.1, 0.15) is 11.1 Å². The lowest BCUT2D eigenvalue weighted by Gasteiger charge is -2.06. The van der Waals surface area contributed by atoms with Crippen LogP contribution in [-0.4, -0.2) is 16.0 Å². The van der Waals surface area contributed by atoms with E-state index in [1.807, 2.05) is 36.4 Å². The summed E-state index contributed by atoms with van der Waals surface area (Å²) in [6, 6.07) is 18.9. The van der Waals surface area contributed by atoms with Crippen molar-refractivity contribution in [3.05, 3.63) is 76.8 Å². The number of carbonyl (C=O) groups excluding carboxylic acids is 1. The monoisotopic (exact) mass is 364 g/mol. The lowest BCUT2D eigenvalue weighted by atomic mass is 10.1. The van der Waals surface area contributed by atoms with Gasteiger partial charge in [-0.1, -0.05) is 41.9 Å². The van der Waals surface area contributed by atoms with Gasteiger partial charge in [0, 0.05) is 32.5 Å². The molecule has 26 heavy (non-hydrogen) atoms. The predicted molar refractivity (Wildman–Crippen MR) is 106 cm³/mol. The first-order chi connectivity index (χ1) is 12.6. The van der Waals surface area contributed by atoms with Crippen molar-refractivity contribution < 1.29 is 9.90 Å². The molecular weight excluding hydrogens is 348 g/mol. The standard InChI is InChI=1S/C21H17ClN2O2/c22-15-4-8-18-17-7-3-14(9-19(17)24-20(18)11-15)10-21(26)23-16-5-1-13(12-25)2-6-16/h1-9,11,24-25H,10,12H2,(H,23,26). The van der Waals surface area contributed by atoms with E-state index in [9.17, 15) is 4.79 Å². The van der Waals surface area contributed by atoms with Crippen molar-refractivity contribution >= 4 is 45.0 Å². The normalized spacial score (nSPS) is 11.2. The van der Waals surface area contributed by atoms with E-state index in [2.05, 4.69) is 10.3 Å². The second-order valence-corrected chi connectivity index (χ2v) is 6.71. The molecule has 0 saturated carbocycles. The molecule has 0 unspecified atom stereocenters. The van der Waals surface area contributed by atoms with Gasteiger partial charge in [0.25, 0.3) is 0 Å². The van der Waals surface area contributed by atoms with Crippen LogP contribution >= 0.6 is 11.6 Å². The summed E-state index contributed by atoms with van der Waals surface area (Å²) in [4.78, 5) is 15.7. The molecule has 0 saturated heterocycles. The van der Waals surface area contributed by atoms with Gasteiger partial charge in [0.15, 0.2) is 0 Å². The molecule has 0 fully saturated rings. The molecule has 1 amide bonds. The fraction of sp³-hybridized carbons (Fsp3) is 0.0952. The molecule has 3 aromatic carbocycles. The molecule has 0 atom stereocenters. The van der Waals surface area contributed by atoms with Crippen LogP contribution in [0.15, 0.2) is 60.7 Å². The van der Waals surface area contributed by atoms with Gasteiger partial charge in [0.1, 0.15) is 0 Å². The number of carbonyl (C=O) groups is 1. The van der Waals surface area contributed by atoms with Crippen molar-refractivity contribution in [1.29, 1.82) is 0 Å². The Morgan fingerprint density at radius 2 is 1.58 bits per heavy atom. The molecule has 4 aromatic rings. The zero-order valence-electron chi connectivity index (χ0n) is 13.9. The highest BCUT2D eigenvalue weighted by molar-refractivity contribution is 6.31. The number of hydrogen-bond acceptors (Lipinski definition) is 2. The largest absolute Gasteiger partial charge is 0.392 e. The van der Waals surface area contributed by atoms with E-state index >= 15 is 0 Å². The van der Waals surface area contributed by atoms with Crippen LogP contribution in [-0.2, 0) is 17.8 Å². The van der Waals surface area contributed by atoms with Crippen molar-refractivity contribution in [3.63, 3.8) is 0 Å². The van der Waals surface area contributed by atoms with Gasteiger partial charge in [0.05, 0.1) is 13.0 Å². The molecule has 3 N–H and O–H groups in total. The summed E-state index contributed by atoms with van der Waals surface area (Å²) in [5.41, 5.74) is 4.43. The minimum absolute atomic E-state index is 0.00997. The molecule has 1 aromatic heterocycles. The zero-order chi connectivity index (χ0) is 18.1. The third kappa shape index (κ3) is 3.29. The quantitative estimate of drug-likeness (QED) is 0.493. The van der Waals surface area contributed by atoms with Gasteiger partial charge < -0.3 is 15.4 Å². The van der Waals surface area contributed by atoms with Gasteiger partial charge in [-0.15, -0.1) is 0 Å². The lowest BCUT2D eigenvalue weighted by Crippen LogP contribution is -2.14. The van der Waals surface area contributed by atoms with Crippen LogP contribution in [0.25, 0.3) is 21.8 Å². The average Bonchev–Trinajstić information content (AvgIpc) is 2.98. The Morgan fingerprint density at radius 3 is 2.31 bits per heavy atom. The second-order valence-electron chi connectivity index (χ2n) is 6.27. The molecule has 0 aliphatic carbocycles. The van der Waals surface area contributed by atoms with Gasteiger partial charge in [-0.05, 0) is 41.5 Å². The Labute approximate surface area is 155 Å². The zero-order valence-corrected chi connectivity index (χ0v) is 14.7. The number of aromatic nitrogens is 1. The van der Waals surface area contributed by atoms with Gasteiger partial charge in [-0.3, -0.25) is 4.79 Å². The van der Waals surface area contributed by atoms with Crippen LogP contribution in [0.5, 0.6) is 0 Å². The van der Waals surface area contributed by atoms with E-state index in [-0.39, 0.29) is 18.9 Å². The molecule has 5 heteroatoms. The molecular formula is C21H17ClN2O2. The van der Waals surface area contributed by atoms with Crippen LogP contribution < -0.4 is 5.32 Å². The number of fused-ring (bicyclic) bond motifs is 3. The molecule has 4 nitrogen and oxygen atoms in total. The minimum Gasteiger partial charge on any atom is -0.392 e.